The van der Waals surface area contributed by atoms with Crippen LogP contribution in [-0.2, 0) is 7.05 Å². The van der Waals surface area contributed by atoms with E-state index in [1.807, 2.05) is 43.5 Å². The topological polar surface area (TPSA) is 56.5 Å². The van der Waals surface area contributed by atoms with E-state index in [2.05, 4.69) is 39.9 Å². The summed E-state index contributed by atoms with van der Waals surface area (Å²) >= 11 is 1.65. The Bertz CT molecular complexity index is 1270. The molecule has 6 heteroatoms. The fourth-order valence-corrected chi connectivity index (χ4v) is 4.37. The standard InChI is InChI=1S/C22H17N5S/c1-14-21(28-22(25-14)15-6-5-9-23-13-15)20-16-8-11-27(2)19(16)12-18(26-20)17-7-3-4-10-24-17/h3-13H,1-2H3. The van der Waals surface area contributed by atoms with Crippen LogP contribution in [0.3, 0.4) is 0 Å². The zero-order chi connectivity index (χ0) is 19.1. The average molecular weight is 383 g/mol. The summed E-state index contributed by atoms with van der Waals surface area (Å²) in [4.78, 5) is 19.6. The molecule has 0 bridgehead atoms. The van der Waals surface area contributed by atoms with E-state index in [4.69, 9.17) is 9.97 Å². The molecule has 0 saturated carbocycles. The third-order valence-electron chi connectivity index (χ3n) is 4.73. The van der Waals surface area contributed by atoms with E-state index in [1.165, 1.54) is 0 Å². The van der Waals surface area contributed by atoms with Crippen LogP contribution in [0.5, 0.6) is 0 Å². The van der Waals surface area contributed by atoms with E-state index < -0.39 is 0 Å². The van der Waals surface area contributed by atoms with Crippen molar-refractivity contribution in [3.63, 3.8) is 0 Å². The predicted molar refractivity (Wildman–Crippen MR) is 113 cm³/mol. The minimum absolute atomic E-state index is 0.862. The lowest BCUT2D eigenvalue weighted by molar-refractivity contribution is 0.968. The summed E-state index contributed by atoms with van der Waals surface area (Å²) in [5.74, 6) is 0. The second-order valence-corrected chi connectivity index (χ2v) is 7.60. The number of aromatic nitrogens is 5. The van der Waals surface area contributed by atoms with Crippen LogP contribution < -0.4 is 0 Å². The molecule has 136 valence electrons. The monoisotopic (exact) mass is 383 g/mol. The predicted octanol–water partition coefficient (Wildman–Crippen LogP) is 5.13. The van der Waals surface area contributed by atoms with E-state index >= 15 is 0 Å². The number of thiazole rings is 1. The highest BCUT2D eigenvalue weighted by Gasteiger charge is 2.18. The molecule has 0 atom stereocenters. The summed E-state index contributed by atoms with van der Waals surface area (Å²) in [6, 6.07) is 14.1. The summed E-state index contributed by atoms with van der Waals surface area (Å²) in [6.07, 6.45) is 7.48. The van der Waals surface area contributed by atoms with Crippen molar-refractivity contribution in [2.75, 3.05) is 0 Å². The number of fused-ring (bicyclic) bond motifs is 1. The Morgan fingerprint density at radius 1 is 0.964 bits per heavy atom. The molecular weight excluding hydrogens is 366 g/mol. The molecule has 28 heavy (non-hydrogen) atoms. The van der Waals surface area contributed by atoms with Crippen molar-refractivity contribution in [1.82, 2.24) is 24.5 Å². The number of hydrogen-bond donors (Lipinski definition) is 0. The molecule has 0 aromatic carbocycles. The molecule has 0 unspecified atom stereocenters. The van der Waals surface area contributed by atoms with E-state index in [1.54, 1.807) is 23.7 Å². The lowest BCUT2D eigenvalue weighted by atomic mass is 10.1. The van der Waals surface area contributed by atoms with Crippen molar-refractivity contribution in [3.05, 3.63) is 72.9 Å². The summed E-state index contributed by atoms with van der Waals surface area (Å²) in [6.45, 7) is 2.04. The maximum absolute atomic E-state index is 5.00. The first-order valence-electron chi connectivity index (χ1n) is 8.96. The molecule has 0 saturated heterocycles. The Morgan fingerprint density at radius 3 is 2.68 bits per heavy atom. The highest BCUT2D eigenvalue weighted by atomic mass is 32.1. The molecule has 0 spiro atoms. The first-order valence-corrected chi connectivity index (χ1v) is 9.78. The van der Waals surface area contributed by atoms with Crippen LogP contribution in [0, 0.1) is 6.92 Å². The largest absolute Gasteiger partial charge is 0.350 e. The molecule has 0 amide bonds. The minimum atomic E-state index is 0.862. The average Bonchev–Trinajstić information content (AvgIpc) is 3.32. The van der Waals surface area contributed by atoms with Gasteiger partial charge in [-0.15, -0.1) is 11.3 Å². The molecule has 5 rings (SSSR count). The molecule has 0 aliphatic carbocycles. The molecule has 5 heterocycles. The number of rotatable bonds is 3. The fraction of sp³-hybridized carbons (Fsp3) is 0.0909. The zero-order valence-corrected chi connectivity index (χ0v) is 16.3. The second kappa shape index (κ2) is 6.65. The summed E-state index contributed by atoms with van der Waals surface area (Å²) in [5.41, 5.74) is 5.79. The van der Waals surface area contributed by atoms with Crippen molar-refractivity contribution >= 4 is 22.2 Å². The quantitative estimate of drug-likeness (QED) is 0.433. The van der Waals surface area contributed by atoms with Gasteiger partial charge in [0.2, 0.25) is 0 Å². The normalized spacial score (nSPS) is 11.2. The summed E-state index contributed by atoms with van der Waals surface area (Å²) in [5, 5.41) is 2.07. The minimum Gasteiger partial charge on any atom is -0.350 e. The maximum Gasteiger partial charge on any atom is 0.125 e. The maximum atomic E-state index is 5.00. The van der Waals surface area contributed by atoms with Gasteiger partial charge in [0, 0.05) is 42.8 Å². The lowest BCUT2D eigenvalue weighted by Crippen LogP contribution is -1.93. The SMILES string of the molecule is Cc1nc(-c2cccnc2)sc1-c1nc(-c2ccccn2)cc2c1ccn2C. The van der Waals surface area contributed by atoms with Gasteiger partial charge in [-0.25, -0.2) is 9.97 Å². The van der Waals surface area contributed by atoms with Gasteiger partial charge in [0.25, 0.3) is 0 Å². The van der Waals surface area contributed by atoms with Gasteiger partial charge in [0.15, 0.2) is 0 Å². The van der Waals surface area contributed by atoms with Gasteiger partial charge < -0.3 is 4.57 Å². The molecule has 0 radical (unpaired) electrons. The van der Waals surface area contributed by atoms with Crippen LogP contribution in [0.25, 0.3) is 43.4 Å². The molecule has 0 N–H and O–H groups in total. The third-order valence-corrected chi connectivity index (χ3v) is 5.94. The van der Waals surface area contributed by atoms with Crippen molar-refractivity contribution in [2.24, 2.45) is 7.05 Å². The number of nitrogens with zero attached hydrogens (tertiary/aromatic N) is 5. The van der Waals surface area contributed by atoms with Crippen molar-refractivity contribution < 1.29 is 0 Å². The summed E-state index contributed by atoms with van der Waals surface area (Å²) < 4.78 is 2.12. The molecule has 0 fully saturated rings. The van der Waals surface area contributed by atoms with E-state index in [-0.39, 0.29) is 0 Å². The van der Waals surface area contributed by atoms with E-state index in [0.29, 0.717) is 0 Å². The first-order chi connectivity index (χ1) is 13.7. The van der Waals surface area contributed by atoms with Crippen LogP contribution in [-0.4, -0.2) is 24.5 Å². The van der Waals surface area contributed by atoms with E-state index in [9.17, 15) is 0 Å². The van der Waals surface area contributed by atoms with Gasteiger partial charge >= 0.3 is 0 Å². The van der Waals surface area contributed by atoms with Crippen molar-refractivity contribution in [3.8, 4) is 32.5 Å². The third kappa shape index (κ3) is 2.78. The number of aryl methyl sites for hydroxylation is 2. The van der Waals surface area contributed by atoms with Crippen LogP contribution in [0.4, 0.5) is 0 Å². The van der Waals surface area contributed by atoms with E-state index in [0.717, 1.165) is 49.1 Å². The van der Waals surface area contributed by atoms with Crippen LogP contribution >= 0.6 is 11.3 Å². The van der Waals surface area contributed by atoms with Gasteiger partial charge in [0.1, 0.15) is 5.01 Å². The van der Waals surface area contributed by atoms with Crippen LogP contribution in [0.1, 0.15) is 5.69 Å². The van der Waals surface area contributed by atoms with Crippen molar-refractivity contribution in [2.45, 2.75) is 6.92 Å². The molecule has 5 nitrogen and oxygen atoms in total. The molecule has 0 aliphatic heterocycles. The second-order valence-electron chi connectivity index (χ2n) is 6.61. The Labute approximate surface area is 166 Å². The Kier molecular flexibility index (Phi) is 3.98. The lowest BCUT2D eigenvalue weighted by Gasteiger charge is -2.07. The van der Waals surface area contributed by atoms with Crippen LogP contribution in [0.2, 0.25) is 0 Å². The highest BCUT2D eigenvalue weighted by molar-refractivity contribution is 7.18. The first kappa shape index (κ1) is 16.8. The Hall–Kier alpha value is -3.38. The number of hydrogen-bond acceptors (Lipinski definition) is 5. The number of pyridine rings is 3. The zero-order valence-electron chi connectivity index (χ0n) is 15.5. The van der Waals surface area contributed by atoms with Crippen LogP contribution in [0.15, 0.2) is 67.3 Å². The van der Waals surface area contributed by atoms with Gasteiger partial charge in [-0.1, -0.05) is 6.07 Å². The Balaban J connectivity index is 1.74. The molecule has 5 aromatic heterocycles. The van der Waals surface area contributed by atoms with Gasteiger partial charge in [0.05, 0.1) is 33.2 Å². The van der Waals surface area contributed by atoms with Gasteiger partial charge in [-0.05, 0) is 43.3 Å². The molecule has 0 aliphatic rings. The smallest absolute Gasteiger partial charge is 0.125 e. The molecular formula is C22H17N5S. The highest BCUT2D eigenvalue weighted by Crippen LogP contribution is 2.38. The fourth-order valence-electron chi connectivity index (χ4n) is 3.31. The summed E-state index contributed by atoms with van der Waals surface area (Å²) in [7, 11) is 2.05. The molecule has 5 aromatic rings. The van der Waals surface area contributed by atoms with Gasteiger partial charge in [-0.3, -0.25) is 9.97 Å². The van der Waals surface area contributed by atoms with Gasteiger partial charge in [-0.2, -0.15) is 0 Å². The van der Waals surface area contributed by atoms with Crippen molar-refractivity contribution in [1.29, 1.82) is 0 Å². The Morgan fingerprint density at radius 2 is 1.89 bits per heavy atom.